The Morgan fingerprint density at radius 1 is 0.667 bits per heavy atom. The molecule has 1 N–H and O–H groups in total. The normalized spacial score (nSPS) is 11.0. The minimum Gasteiger partial charge on any atom is -0.328 e. The first-order chi connectivity index (χ1) is 10.3. The molecule has 0 aliphatic heterocycles. The van der Waals surface area contributed by atoms with E-state index in [0.29, 0.717) is 0 Å². The van der Waals surface area contributed by atoms with Crippen molar-refractivity contribution < 1.29 is 0 Å². The molecular weight excluding hydrogens is 258 g/mol. The van der Waals surface area contributed by atoms with Crippen LogP contribution in [0.15, 0.2) is 77.7 Å². The molecule has 4 aromatic rings. The largest absolute Gasteiger partial charge is 0.328 e. The molecule has 0 unspecified atom stereocenters. The van der Waals surface area contributed by atoms with Crippen LogP contribution in [0.5, 0.6) is 0 Å². The summed E-state index contributed by atoms with van der Waals surface area (Å²) in [7, 11) is 0. The third-order valence-corrected chi connectivity index (χ3v) is 3.87. The predicted octanol–water partition coefficient (Wildman–Crippen LogP) is 4.35. The number of fused-ring (bicyclic) bond motifs is 2. The number of aromatic amines is 1. The number of rotatable bonds is 1. The highest BCUT2D eigenvalue weighted by atomic mass is 16.1. The van der Waals surface area contributed by atoms with E-state index in [1.54, 1.807) is 6.20 Å². The molecule has 0 bridgehead atoms. The van der Waals surface area contributed by atoms with E-state index in [1.165, 1.54) is 0 Å². The Labute approximate surface area is 121 Å². The van der Waals surface area contributed by atoms with Crippen LogP contribution in [0.25, 0.3) is 32.7 Å². The fourth-order valence-corrected chi connectivity index (χ4v) is 2.90. The zero-order chi connectivity index (χ0) is 14.2. The van der Waals surface area contributed by atoms with Crippen molar-refractivity contribution >= 4 is 21.5 Å². The molecule has 0 aliphatic rings. The van der Waals surface area contributed by atoms with Gasteiger partial charge in [0.25, 0.3) is 5.56 Å². The number of hydrogen-bond acceptors (Lipinski definition) is 1. The quantitative estimate of drug-likeness (QED) is 0.548. The highest BCUT2D eigenvalue weighted by Crippen LogP contribution is 2.30. The third-order valence-electron chi connectivity index (χ3n) is 3.87. The van der Waals surface area contributed by atoms with Crippen LogP contribution in [-0.4, -0.2) is 4.98 Å². The van der Waals surface area contributed by atoms with Gasteiger partial charge < -0.3 is 4.98 Å². The first-order valence-electron chi connectivity index (χ1n) is 6.93. The molecule has 4 rings (SSSR count). The average molecular weight is 271 g/mol. The van der Waals surface area contributed by atoms with E-state index in [4.69, 9.17) is 0 Å². The molecule has 0 saturated heterocycles. The lowest BCUT2D eigenvalue weighted by molar-refractivity contribution is 1.27. The van der Waals surface area contributed by atoms with Crippen LogP contribution in [0.4, 0.5) is 0 Å². The minimum atomic E-state index is -0.0509. The van der Waals surface area contributed by atoms with Gasteiger partial charge in [-0.25, -0.2) is 0 Å². The molecule has 21 heavy (non-hydrogen) atoms. The van der Waals surface area contributed by atoms with Crippen LogP contribution in [0.2, 0.25) is 0 Å². The lowest BCUT2D eigenvalue weighted by atomic mass is 9.95. The first kappa shape index (κ1) is 11.9. The summed E-state index contributed by atoms with van der Waals surface area (Å²) < 4.78 is 0. The van der Waals surface area contributed by atoms with E-state index in [2.05, 4.69) is 23.2 Å². The Morgan fingerprint density at radius 3 is 2.19 bits per heavy atom. The van der Waals surface area contributed by atoms with Crippen LogP contribution >= 0.6 is 0 Å². The standard InChI is InChI=1S/C19H13NO/c21-19-18(16-10-4-2-7-14(16)12-20-19)17-11-5-8-13-6-1-3-9-15(13)17/h1-12H,(H,20,21). The van der Waals surface area contributed by atoms with Crippen molar-refractivity contribution in [3.05, 3.63) is 83.3 Å². The highest BCUT2D eigenvalue weighted by Gasteiger charge is 2.11. The zero-order valence-corrected chi connectivity index (χ0v) is 11.3. The summed E-state index contributed by atoms with van der Waals surface area (Å²) in [6.45, 7) is 0. The summed E-state index contributed by atoms with van der Waals surface area (Å²) in [4.78, 5) is 15.3. The van der Waals surface area contributed by atoms with Gasteiger partial charge in [0.1, 0.15) is 0 Å². The fourth-order valence-electron chi connectivity index (χ4n) is 2.90. The fraction of sp³-hybridized carbons (Fsp3) is 0. The SMILES string of the molecule is O=c1[nH]cc2ccccc2c1-c1cccc2ccccc12. The summed E-state index contributed by atoms with van der Waals surface area (Å²) in [6.07, 6.45) is 1.77. The summed E-state index contributed by atoms with van der Waals surface area (Å²) in [6, 6.07) is 22.2. The van der Waals surface area contributed by atoms with E-state index < -0.39 is 0 Å². The van der Waals surface area contributed by atoms with Crippen LogP contribution in [0, 0.1) is 0 Å². The first-order valence-corrected chi connectivity index (χ1v) is 6.93. The van der Waals surface area contributed by atoms with Gasteiger partial charge in [0.2, 0.25) is 0 Å². The monoisotopic (exact) mass is 271 g/mol. The maximum Gasteiger partial charge on any atom is 0.256 e. The van der Waals surface area contributed by atoms with Crippen molar-refractivity contribution in [3.63, 3.8) is 0 Å². The lowest BCUT2D eigenvalue weighted by Gasteiger charge is -2.09. The second-order valence-electron chi connectivity index (χ2n) is 5.11. The van der Waals surface area contributed by atoms with Gasteiger partial charge in [-0.1, -0.05) is 66.7 Å². The molecule has 1 heterocycles. The molecule has 2 nitrogen and oxygen atoms in total. The van der Waals surface area contributed by atoms with Gasteiger partial charge in [0.05, 0.1) is 5.56 Å². The number of nitrogens with one attached hydrogen (secondary N) is 1. The van der Waals surface area contributed by atoms with Crippen LogP contribution in [0.1, 0.15) is 0 Å². The van der Waals surface area contributed by atoms with Crippen molar-refractivity contribution in [2.75, 3.05) is 0 Å². The molecular formula is C19H13NO. The van der Waals surface area contributed by atoms with Gasteiger partial charge in [-0.05, 0) is 27.1 Å². The van der Waals surface area contributed by atoms with Crippen molar-refractivity contribution in [2.24, 2.45) is 0 Å². The Bertz CT molecular complexity index is 1010. The highest BCUT2D eigenvalue weighted by molar-refractivity contribution is 6.04. The van der Waals surface area contributed by atoms with Crippen molar-refractivity contribution in [1.29, 1.82) is 0 Å². The van der Waals surface area contributed by atoms with Gasteiger partial charge in [-0.3, -0.25) is 4.79 Å². The number of benzene rings is 3. The Hall–Kier alpha value is -2.87. The lowest BCUT2D eigenvalue weighted by Crippen LogP contribution is -2.08. The van der Waals surface area contributed by atoms with Crippen LogP contribution in [-0.2, 0) is 0 Å². The molecule has 3 aromatic carbocycles. The number of H-pyrrole nitrogens is 1. The molecule has 100 valence electrons. The molecule has 0 saturated carbocycles. The van der Waals surface area contributed by atoms with E-state index >= 15 is 0 Å². The van der Waals surface area contributed by atoms with Gasteiger partial charge in [0, 0.05) is 6.20 Å². The number of hydrogen-bond donors (Lipinski definition) is 1. The third kappa shape index (κ3) is 1.84. The van der Waals surface area contributed by atoms with Gasteiger partial charge in [-0.2, -0.15) is 0 Å². The molecule has 2 heteroatoms. The minimum absolute atomic E-state index is 0.0509. The van der Waals surface area contributed by atoms with Gasteiger partial charge >= 0.3 is 0 Å². The Kier molecular flexibility index (Phi) is 2.61. The molecule has 0 radical (unpaired) electrons. The van der Waals surface area contributed by atoms with Crippen LogP contribution < -0.4 is 5.56 Å². The summed E-state index contributed by atoms with van der Waals surface area (Å²) in [5.41, 5.74) is 1.67. The average Bonchev–Trinajstić information content (AvgIpc) is 2.54. The van der Waals surface area contributed by atoms with Crippen LogP contribution in [0.3, 0.4) is 0 Å². The number of aromatic nitrogens is 1. The molecule has 0 atom stereocenters. The van der Waals surface area contributed by atoms with E-state index in [0.717, 1.165) is 32.7 Å². The van der Waals surface area contributed by atoms with Crippen molar-refractivity contribution in [1.82, 2.24) is 4.98 Å². The molecule has 1 aromatic heterocycles. The van der Waals surface area contributed by atoms with E-state index in [1.807, 2.05) is 48.5 Å². The maximum atomic E-state index is 12.4. The second kappa shape index (κ2) is 4.60. The summed E-state index contributed by atoms with van der Waals surface area (Å²) in [5, 5.41) is 4.27. The van der Waals surface area contributed by atoms with E-state index in [-0.39, 0.29) is 5.56 Å². The second-order valence-corrected chi connectivity index (χ2v) is 5.11. The Balaban J connectivity index is 2.19. The topological polar surface area (TPSA) is 32.9 Å². The Morgan fingerprint density at radius 2 is 1.33 bits per heavy atom. The van der Waals surface area contributed by atoms with Gasteiger partial charge in [-0.15, -0.1) is 0 Å². The number of pyridine rings is 1. The van der Waals surface area contributed by atoms with Crippen molar-refractivity contribution in [3.8, 4) is 11.1 Å². The summed E-state index contributed by atoms with van der Waals surface area (Å²) >= 11 is 0. The smallest absolute Gasteiger partial charge is 0.256 e. The summed E-state index contributed by atoms with van der Waals surface area (Å²) in [5.74, 6) is 0. The molecule has 0 spiro atoms. The molecule has 0 fully saturated rings. The predicted molar refractivity (Wildman–Crippen MR) is 87.5 cm³/mol. The molecule has 0 amide bonds. The van der Waals surface area contributed by atoms with Crippen molar-refractivity contribution in [2.45, 2.75) is 0 Å². The maximum absolute atomic E-state index is 12.4. The van der Waals surface area contributed by atoms with Gasteiger partial charge in [0.15, 0.2) is 0 Å². The van der Waals surface area contributed by atoms with E-state index in [9.17, 15) is 4.79 Å². The molecule has 0 aliphatic carbocycles. The zero-order valence-electron chi connectivity index (χ0n) is 11.3.